The van der Waals surface area contributed by atoms with E-state index in [1.54, 1.807) is 7.11 Å². The van der Waals surface area contributed by atoms with Crippen molar-refractivity contribution in [3.05, 3.63) is 29.8 Å². The highest BCUT2D eigenvalue weighted by Crippen LogP contribution is 2.23. The lowest BCUT2D eigenvalue weighted by atomic mass is 10.0. The highest BCUT2D eigenvalue weighted by Gasteiger charge is 2.23. The van der Waals surface area contributed by atoms with Crippen LogP contribution in [0.5, 0.6) is 5.75 Å². The van der Waals surface area contributed by atoms with Crippen molar-refractivity contribution in [1.82, 2.24) is 15.5 Å². The number of nitrogens with zero attached hydrogens (tertiary/aromatic N) is 2. The van der Waals surface area contributed by atoms with E-state index in [1.165, 1.54) is 5.56 Å². The summed E-state index contributed by atoms with van der Waals surface area (Å²) in [5.41, 5.74) is 0.668. The molecule has 0 amide bonds. The molecule has 1 atom stereocenters. The number of nitrogens with one attached hydrogen (secondary N) is 2. The van der Waals surface area contributed by atoms with Gasteiger partial charge in [0.1, 0.15) is 17.9 Å². The van der Waals surface area contributed by atoms with Crippen LogP contribution in [0.4, 0.5) is 0 Å². The topological polar surface area (TPSA) is 84.4 Å². The van der Waals surface area contributed by atoms with Gasteiger partial charge in [-0.1, -0.05) is 12.1 Å². The van der Waals surface area contributed by atoms with E-state index in [2.05, 4.69) is 32.7 Å². The lowest BCUT2D eigenvalue weighted by molar-refractivity contribution is -0.152. The minimum atomic E-state index is -0.520. The number of hydrogen-bond acceptors (Lipinski definition) is 6. The molecule has 1 aliphatic heterocycles. The standard InChI is InChI=1S/C22H36N4O4.HI/c1-6-23-21(25-16-20(27)30-22(2,3)4)24-15-19(26-11-13-29-14-12-26)17-7-9-18(28-5)10-8-17;/h7-10,19H,6,11-16H2,1-5H3,(H2,23,24,25);1H. The SMILES string of the molecule is CCNC(=NCC(=O)OC(C)(C)C)NCC(c1ccc(OC)cc1)N1CCOCC1.I. The highest BCUT2D eigenvalue weighted by atomic mass is 127. The average molecular weight is 548 g/mol. The molecule has 0 aromatic heterocycles. The third-order valence-corrected chi connectivity index (χ3v) is 4.58. The molecule has 1 unspecified atom stereocenters. The number of morpholine rings is 1. The summed E-state index contributed by atoms with van der Waals surface area (Å²) in [5.74, 6) is 1.08. The molecule has 0 aliphatic carbocycles. The summed E-state index contributed by atoms with van der Waals surface area (Å²) in [5, 5.41) is 6.58. The molecule has 0 saturated carbocycles. The van der Waals surface area contributed by atoms with Crippen LogP contribution in [0.15, 0.2) is 29.3 Å². The van der Waals surface area contributed by atoms with Crippen LogP contribution in [0, 0.1) is 0 Å². The molecule has 1 fully saturated rings. The molecule has 1 heterocycles. The van der Waals surface area contributed by atoms with E-state index < -0.39 is 5.60 Å². The number of aliphatic imine (C=N–C) groups is 1. The summed E-state index contributed by atoms with van der Waals surface area (Å²) in [4.78, 5) is 18.8. The second-order valence-corrected chi connectivity index (χ2v) is 8.10. The van der Waals surface area contributed by atoms with Gasteiger partial charge in [0.15, 0.2) is 5.96 Å². The van der Waals surface area contributed by atoms with Crippen molar-refractivity contribution in [3.63, 3.8) is 0 Å². The normalized spacial score (nSPS) is 16.1. The largest absolute Gasteiger partial charge is 0.497 e. The number of ether oxygens (including phenoxy) is 3. The van der Waals surface area contributed by atoms with Crippen molar-refractivity contribution in [1.29, 1.82) is 0 Å². The Bertz CT molecular complexity index is 686. The van der Waals surface area contributed by atoms with Crippen molar-refractivity contribution in [2.45, 2.75) is 39.3 Å². The zero-order chi connectivity index (χ0) is 22.0. The maximum absolute atomic E-state index is 12.0. The molecule has 1 aromatic rings. The number of guanidine groups is 1. The second-order valence-electron chi connectivity index (χ2n) is 8.10. The van der Waals surface area contributed by atoms with Crippen LogP contribution in [-0.4, -0.2) is 75.5 Å². The zero-order valence-corrected chi connectivity index (χ0v) is 21.6. The maximum Gasteiger partial charge on any atom is 0.328 e. The van der Waals surface area contributed by atoms with Crippen LogP contribution in [0.3, 0.4) is 0 Å². The Balaban J connectivity index is 0.00000480. The molecule has 0 bridgehead atoms. The van der Waals surface area contributed by atoms with Crippen LogP contribution in [0.25, 0.3) is 0 Å². The Morgan fingerprint density at radius 1 is 1.19 bits per heavy atom. The van der Waals surface area contributed by atoms with Gasteiger partial charge in [-0.2, -0.15) is 0 Å². The average Bonchev–Trinajstić information content (AvgIpc) is 2.72. The Hall–Kier alpha value is -1.59. The number of carbonyl (C=O) groups excluding carboxylic acids is 1. The molecule has 1 aromatic carbocycles. The molecule has 1 saturated heterocycles. The Labute approximate surface area is 203 Å². The number of halogens is 1. The summed E-state index contributed by atoms with van der Waals surface area (Å²) in [6.45, 7) is 12.0. The van der Waals surface area contributed by atoms with Gasteiger partial charge < -0.3 is 24.8 Å². The number of rotatable bonds is 8. The van der Waals surface area contributed by atoms with Gasteiger partial charge >= 0.3 is 5.97 Å². The summed E-state index contributed by atoms with van der Waals surface area (Å²) in [6, 6.07) is 8.27. The third kappa shape index (κ3) is 10.0. The molecule has 0 spiro atoms. The molecule has 176 valence electrons. The van der Waals surface area contributed by atoms with Gasteiger partial charge in [0.25, 0.3) is 0 Å². The first-order chi connectivity index (χ1) is 14.3. The Kier molecular flexibility index (Phi) is 12.2. The predicted octanol–water partition coefficient (Wildman–Crippen LogP) is 2.58. The van der Waals surface area contributed by atoms with Gasteiger partial charge in [0, 0.05) is 26.2 Å². The molecular formula is C22H37IN4O4. The van der Waals surface area contributed by atoms with Crippen LogP contribution in [-0.2, 0) is 14.3 Å². The predicted molar refractivity (Wildman–Crippen MR) is 133 cm³/mol. The summed E-state index contributed by atoms with van der Waals surface area (Å²) < 4.78 is 16.2. The quantitative estimate of drug-likeness (QED) is 0.224. The highest BCUT2D eigenvalue weighted by molar-refractivity contribution is 14.0. The number of benzene rings is 1. The Morgan fingerprint density at radius 3 is 2.39 bits per heavy atom. The molecule has 9 heteroatoms. The van der Waals surface area contributed by atoms with Crippen molar-refractivity contribution in [2.24, 2.45) is 4.99 Å². The fraction of sp³-hybridized carbons (Fsp3) is 0.636. The van der Waals surface area contributed by atoms with E-state index in [4.69, 9.17) is 14.2 Å². The Morgan fingerprint density at radius 2 is 1.84 bits per heavy atom. The third-order valence-electron chi connectivity index (χ3n) is 4.58. The zero-order valence-electron chi connectivity index (χ0n) is 19.3. The van der Waals surface area contributed by atoms with Crippen LogP contribution in [0.2, 0.25) is 0 Å². The molecule has 31 heavy (non-hydrogen) atoms. The first kappa shape index (κ1) is 27.4. The first-order valence-electron chi connectivity index (χ1n) is 10.5. The fourth-order valence-electron chi connectivity index (χ4n) is 3.23. The van der Waals surface area contributed by atoms with Crippen LogP contribution < -0.4 is 15.4 Å². The van der Waals surface area contributed by atoms with Crippen molar-refractivity contribution in [3.8, 4) is 5.75 Å². The maximum atomic E-state index is 12.0. The number of carbonyl (C=O) groups is 1. The van der Waals surface area contributed by atoms with Gasteiger partial charge in [0.05, 0.1) is 26.4 Å². The smallest absolute Gasteiger partial charge is 0.328 e. The number of esters is 1. The van der Waals surface area contributed by atoms with Gasteiger partial charge in [-0.25, -0.2) is 4.99 Å². The van der Waals surface area contributed by atoms with E-state index in [9.17, 15) is 4.79 Å². The van der Waals surface area contributed by atoms with Gasteiger partial charge in [-0.15, -0.1) is 24.0 Å². The van der Waals surface area contributed by atoms with Crippen LogP contribution in [0.1, 0.15) is 39.3 Å². The van der Waals surface area contributed by atoms with E-state index in [0.717, 1.165) is 32.1 Å². The van der Waals surface area contributed by atoms with Crippen LogP contribution >= 0.6 is 24.0 Å². The minimum absolute atomic E-state index is 0. The van der Waals surface area contributed by atoms with Gasteiger partial charge in [0.2, 0.25) is 0 Å². The lowest BCUT2D eigenvalue weighted by Gasteiger charge is -2.35. The van der Waals surface area contributed by atoms with E-state index in [-0.39, 0.29) is 42.5 Å². The molecule has 0 radical (unpaired) electrons. The fourth-order valence-corrected chi connectivity index (χ4v) is 3.23. The van der Waals surface area contributed by atoms with Gasteiger partial charge in [-0.3, -0.25) is 9.69 Å². The van der Waals surface area contributed by atoms with Gasteiger partial charge in [-0.05, 0) is 45.4 Å². The first-order valence-corrected chi connectivity index (χ1v) is 10.5. The van der Waals surface area contributed by atoms with Crippen molar-refractivity contribution < 1.29 is 19.0 Å². The molecule has 2 N–H and O–H groups in total. The number of hydrogen-bond donors (Lipinski definition) is 2. The molecule has 1 aliphatic rings. The van der Waals surface area contributed by atoms with E-state index >= 15 is 0 Å². The second kappa shape index (κ2) is 13.7. The minimum Gasteiger partial charge on any atom is -0.497 e. The molecule has 2 rings (SSSR count). The summed E-state index contributed by atoms with van der Waals surface area (Å²) in [6.07, 6.45) is 0. The van der Waals surface area contributed by atoms with E-state index in [1.807, 2.05) is 39.8 Å². The lowest BCUT2D eigenvalue weighted by Crippen LogP contribution is -2.46. The summed E-state index contributed by atoms with van der Waals surface area (Å²) in [7, 11) is 1.67. The van der Waals surface area contributed by atoms with E-state index in [0.29, 0.717) is 19.0 Å². The summed E-state index contributed by atoms with van der Waals surface area (Å²) >= 11 is 0. The monoisotopic (exact) mass is 548 g/mol. The van der Waals surface area contributed by atoms with Crippen molar-refractivity contribution >= 4 is 35.9 Å². The molecular weight excluding hydrogens is 511 g/mol. The molecule has 8 nitrogen and oxygen atoms in total. The van der Waals surface area contributed by atoms with Crippen molar-refractivity contribution in [2.75, 3.05) is 53.0 Å². The number of methoxy groups -OCH3 is 1.